The molecule has 2 heterocycles. The number of rotatable bonds is 3. The molecule has 0 spiro atoms. The molecule has 3 rings (SSSR count). The fourth-order valence-corrected chi connectivity index (χ4v) is 3.00. The van der Waals surface area contributed by atoms with E-state index in [0.717, 1.165) is 37.4 Å². The lowest BCUT2D eigenvalue weighted by Crippen LogP contribution is -2.29. The minimum atomic E-state index is 0.289. The molecule has 19 heavy (non-hydrogen) atoms. The van der Waals surface area contributed by atoms with Gasteiger partial charge in [-0.2, -0.15) is 0 Å². The first kappa shape index (κ1) is 12.7. The monoisotopic (exact) mass is 259 g/mol. The number of fused-ring (bicyclic) bond motifs is 1. The lowest BCUT2D eigenvalue weighted by Gasteiger charge is -2.28. The molecule has 1 unspecified atom stereocenters. The fourth-order valence-electron chi connectivity index (χ4n) is 3.00. The molecule has 1 aromatic heterocycles. The van der Waals surface area contributed by atoms with Crippen LogP contribution in [0, 0.1) is 12.8 Å². The summed E-state index contributed by atoms with van der Waals surface area (Å²) in [5.74, 6) is 1.65. The lowest BCUT2D eigenvalue weighted by molar-refractivity contribution is 0.0520. The predicted molar refractivity (Wildman–Crippen MR) is 76.3 cm³/mol. The van der Waals surface area contributed by atoms with Gasteiger partial charge in [0.2, 0.25) is 0 Å². The van der Waals surface area contributed by atoms with Crippen LogP contribution in [-0.4, -0.2) is 20.3 Å². The number of hydrogen-bond donors (Lipinski definition) is 1. The molecule has 1 N–H and O–H groups in total. The van der Waals surface area contributed by atoms with Crippen LogP contribution in [-0.2, 0) is 4.74 Å². The topological polar surface area (TPSA) is 34.4 Å². The highest BCUT2D eigenvalue weighted by Crippen LogP contribution is 2.33. The Morgan fingerprint density at radius 3 is 2.74 bits per heavy atom. The van der Waals surface area contributed by atoms with Crippen molar-refractivity contribution in [2.45, 2.75) is 25.8 Å². The Hall–Kier alpha value is -1.32. The first-order valence-corrected chi connectivity index (χ1v) is 7.03. The van der Waals surface area contributed by atoms with Crippen LogP contribution in [0.25, 0.3) is 11.0 Å². The normalized spacial score (nSPS) is 18.8. The molecule has 0 bridgehead atoms. The second-order valence-corrected chi connectivity index (χ2v) is 5.41. The van der Waals surface area contributed by atoms with E-state index in [2.05, 4.69) is 36.5 Å². The Bertz CT molecular complexity index is 555. The van der Waals surface area contributed by atoms with E-state index < -0.39 is 0 Å². The zero-order valence-corrected chi connectivity index (χ0v) is 11.6. The van der Waals surface area contributed by atoms with Gasteiger partial charge in [-0.05, 0) is 50.9 Å². The zero-order valence-electron chi connectivity index (χ0n) is 11.6. The van der Waals surface area contributed by atoms with E-state index in [0.29, 0.717) is 5.92 Å². The smallest absolute Gasteiger partial charge is 0.134 e. The maximum absolute atomic E-state index is 6.03. The Labute approximate surface area is 113 Å². The minimum absolute atomic E-state index is 0.289. The van der Waals surface area contributed by atoms with E-state index >= 15 is 0 Å². The number of hydrogen-bond acceptors (Lipinski definition) is 3. The highest BCUT2D eigenvalue weighted by Gasteiger charge is 2.26. The van der Waals surface area contributed by atoms with Gasteiger partial charge in [-0.25, -0.2) is 0 Å². The summed E-state index contributed by atoms with van der Waals surface area (Å²) in [4.78, 5) is 0. The molecule has 3 nitrogen and oxygen atoms in total. The maximum atomic E-state index is 6.03. The molecular formula is C16H21NO2. The van der Waals surface area contributed by atoms with Crippen LogP contribution < -0.4 is 5.32 Å². The summed E-state index contributed by atoms with van der Waals surface area (Å²) in [5, 5.41) is 4.61. The molecule has 1 aliphatic rings. The number of ether oxygens (including phenoxy) is 1. The molecule has 1 saturated heterocycles. The van der Waals surface area contributed by atoms with Gasteiger partial charge < -0.3 is 14.5 Å². The van der Waals surface area contributed by atoms with Gasteiger partial charge in [-0.1, -0.05) is 11.6 Å². The molecule has 0 saturated carbocycles. The molecule has 1 atom stereocenters. The van der Waals surface area contributed by atoms with Gasteiger partial charge >= 0.3 is 0 Å². The summed E-state index contributed by atoms with van der Waals surface area (Å²) >= 11 is 0. The maximum Gasteiger partial charge on any atom is 0.134 e. The van der Waals surface area contributed by atoms with Crippen molar-refractivity contribution in [2.24, 2.45) is 5.92 Å². The molecule has 1 aliphatic heterocycles. The van der Waals surface area contributed by atoms with Crippen LogP contribution in [0.1, 0.15) is 30.2 Å². The largest absolute Gasteiger partial charge is 0.459 e. The summed E-state index contributed by atoms with van der Waals surface area (Å²) < 4.78 is 11.5. The molecule has 0 radical (unpaired) electrons. The molecule has 3 heteroatoms. The van der Waals surface area contributed by atoms with E-state index in [1.807, 2.05) is 7.05 Å². The summed E-state index contributed by atoms with van der Waals surface area (Å²) in [6.07, 6.45) is 2.20. The lowest BCUT2D eigenvalue weighted by atomic mass is 9.90. The third-order valence-electron chi connectivity index (χ3n) is 4.05. The van der Waals surface area contributed by atoms with E-state index in [-0.39, 0.29) is 6.04 Å². The average Bonchev–Trinajstić information content (AvgIpc) is 2.83. The Morgan fingerprint density at radius 2 is 2.00 bits per heavy atom. The van der Waals surface area contributed by atoms with Crippen LogP contribution in [0.5, 0.6) is 0 Å². The Morgan fingerprint density at radius 1 is 1.21 bits per heavy atom. The Balaban J connectivity index is 1.91. The average molecular weight is 259 g/mol. The number of benzene rings is 1. The van der Waals surface area contributed by atoms with E-state index in [9.17, 15) is 0 Å². The van der Waals surface area contributed by atoms with Crippen molar-refractivity contribution in [1.29, 1.82) is 0 Å². The second-order valence-electron chi connectivity index (χ2n) is 5.41. The first-order chi connectivity index (χ1) is 9.28. The van der Waals surface area contributed by atoms with Crippen molar-refractivity contribution in [3.63, 3.8) is 0 Å². The third kappa shape index (κ3) is 2.53. The van der Waals surface area contributed by atoms with Gasteiger partial charge in [0.1, 0.15) is 11.3 Å². The molecule has 0 amide bonds. The fraction of sp³-hybridized carbons (Fsp3) is 0.500. The van der Waals surface area contributed by atoms with Crippen LogP contribution in [0.15, 0.2) is 28.7 Å². The van der Waals surface area contributed by atoms with E-state index in [1.54, 1.807) is 0 Å². The standard InChI is InChI=1S/C16H21NO2/c1-11-3-4-14-13(9-11)10-15(19-14)16(17-2)12-5-7-18-8-6-12/h3-4,9-10,12,16-17H,5-8H2,1-2H3. The zero-order chi connectivity index (χ0) is 13.2. The third-order valence-corrected chi connectivity index (χ3v) is 4.05. The summed E-state index contributed by atoms with van der Waals surface area (Å²) in [5.41, 5.74) is 2.25. The first-order valence-electron chi connectivity index (χ1n) is 7.03. The predicted octanol–water partition coefficient (Wildman–Crippen LogP) is 3.43. The van der Waals surface area contributed by atoms with Crippen molar-refractivity contribution >= 4 is 11.0 Å². The molecule has 0 aliphatic carbocycles. The van der Waals surface area contributed by atoms with Crippen LogP contribution in [0.4, 0.5) is 0 Å². The second kappa shape index (κ2) is 5.35. The number of furan rings is 1. The highest BCUT2D eigenvalue weighted by molar-refractivity contribution is 5.78. The van der Waals surface area contributed by atoms with Crippen molar-refractivity contribution in [3.05, 3.63) is 35.6 Å². The summed E-state index contributed by atoms with van der Waals surface area (Å²) in [6.45, 7) is 3.84. The van der Waals surface area contributed by atoms with Gasteiger partial charge in [-0.15, -0.1) is 0 Å². The SMILES string of the molecule is CNC(c1cc2cc(C)ccc2o1)C1CCOCC1. The van der Waals surface area contributed by atoms with Gasteiger partial charge in [0.25, 0.3) is 0 Å². The van der Waals surface area contributed by atoms with Crippen molar-refractivity contribution < 1.29 is 9.15 Å². The van der Waals surface area contributed by atoms with Crippen molar-refractivity contribution in [1.82, 2.24) is 5.32 Å². The molecule has 102 valence electrons. The van der Waals surface area contributed by atoms with E-state index in [4.69, 9.17) is 9.15 Å². The van der Waals surface area contributed by atoms with Crippen LogP contribution >= 0.6 is 0 Å². The van der Waals surface area contributed by atoms with Crippen molar-refractivity contribution in [2.75, 3.05) is 20.3 Å². The van der Waals surface area contributed by atoms with Gasteiger partial charge in [0, 0.05) is 18.6 Å². The van der Waals surface area contributed by atoms with Gasteiger partial charge in [0.15, 0.2) is 0 Å². The summed E-state index contributed by atoms with van der Waals surface area (Å²) in [7, 11) is 2.01. The minimum Gasteiger partial charge on any atom is -0.459 e. The Kier molecular flexibility index (Phi) is 3.58. The molecule has 1 fully saturated rings. The summed E-state index contributed by atoms with van der Waals surface area (Å²) in [6, 6.07) is 8.80. The molecular weight excluding hydrogens is 238 g/mol. The molecule has 2 aromatic rings. The van der Waals surface area contributed by atoms with Crippen LogP contribution in [0.2, 0.25) is 0 Å². The number of aryl methyl sites for hydroxylation is 1. The quantitative estimate of drug-likeness (QED) is 0.917. The molecule has 1 aromatic carbocycles. The van der Waals surface area contributed by atoms with Crippen molar-refractivity contribution in [3.8, 4) is 0 Å². The highest BCUT2D eigenvalue weighted by atomic mass is 16.5. The number of nitrogens with one attached hydrogen (secondary N) is 1. The van der Waals surface area contributed by atoms with Gasteiger partial charge in [-0.3, -0.25) is 0 Å². The van der Waals surface area contributed by atoms with Crippen LogP contribution in [0.3, 0.4) is 0 Å². The van der Waals surface area contributed by atoms with E-state index in [1.165, 1.54) is 10.9 Å². The van der Waals surface area contributed by atoms with Gasteiger partial charge in [0.05, 0.1) is 6.04 Å².